The van der Waals surface area contributed by atoms with Crippen LogP contribution < -0.4 is 4.74 Å². The highest BCUT2D eigenvalue weighted by Crippen LogP contribution is 2.61. The molecule has 1 saturated carbocycles. The number of carbonyl (C=O) groups excluding carboxylic acids is 2. The largest absolute Gasteiger partial charge is 0.497 e. The molecule has 3 aromatic rings. The number of esters is 1. The number of ketones is 1. The summed E-state index contributed by atoms with van der Waals surface area (Å²) in [6.07, 6.45) is 1.56. The molecule has 5 rings (SSSR count). The fraction of sp³-hybridized carbons (Fsp3) is 0.276. The smallest absolute Gasteiger partial charge is 0.335 e. The predicted molar refractivity (Wildman–Crippen MR) is 130 cm³/mol. The Labute approximate surface area is 207 Å². The Bertz CT molecular complexity index is 1320. The quantitative estimate of drug-likeness (QED) is 0.450. The van der Waals surface area contributed by atoms with Gasteiger partial charge in [-0.2, -0.15) is 0 Å². The van der Waals surface area contributed by atoms with Crippen molar-refractivity contribution >= 4 is 18.0 Å². The van der Waals surface area contributed by atoms with Crippen LogP contribution in [0.15, 0.2) is 77.8 Å². The molecule has 0 N–H and O–H groups in total. The van der Waals surface area contributed by atoms with Gasteiger partial charge in [-0.05, 0) is 60.0 Å². The van der Waals surface area contributed by atoms with Gasteiger partial charge in [-0.3, -0.25) is 9.79 Å². The third-order valence-corrected chi connectivity index (χ3v) is 7.41. The summed E-state index contributed by atoms with van der Waals surface area (Å²) < 4.78 is 38.6. The third kappa shape index (κ3) is 3.45. The van der Waals surface area contributed by atoms with Crippen molar-refractivity contribution in [2.75, 3.05) is 13.7 Å². The van der Waals surface area contributed by atoms with E-state index in [1.807, 2.05) is 0 Å². The highest BCUT2D eigenvalue weighted by Gasteiger charge is 2.70. The summed E-state index contributed by atoms with van der Waals surface area (Å²) in [7, 11) is 1.55. The first-order valence-electron chi connectivity index (χ1n) is 11.8. The van der Waals surface area contributed by atoms with Gasteiger partial charge in [-0.15, -0.1) is 0 Å². The number of fused-ring (bicyclic) bond motifs is 2. The van der Waals surface area contributed by atoms with Crippen molar-refractivity contribution in [3.05, 3.63) is 101 Å². The van der Waals surface area contributed by atoms with E-state index in [-0.39, 0.29) is 18.8 Å². The number of hydrogen-bond acceptors (Lipinski definition) is 5. The lowest BCUT2D eigenvalue weighted by Gasteiger charge is -2.48. The van der Waals surface area contributed by atoms with E-state index in [1.165, 1.54) is 24.3 Å². The fourth-order valence-corrected chi connectivity index (χ4v) is 5.81. The lowest BCUT2D eigenvalue weighted by molar-refractivity contribution is -0.153. The van der Waals surface area contributed by atoms with E-state index in [4.69, 9.17) is 14.5 Å². The van der Waals surface area contributed by atoms with Gasteiger partial charge in [0.2, 0.25) is 0 Å². The summed E-state index contributed by atoms with van der Waals surface area (Å²) in [4.78, 5) is 32.8. The molecule has 0 spiro atoms. The molecular weight excluding hydrogens is 464 g/mol. The van der Waals surface area contributed by atoms with Gasteiger partial charge in [-0.25, -0.2) is 13.6 Å². The molecule has 0 aromatic heterocycles. The van der Waals surface area contributed by atoms with E-state index < -0.39 is 40.4 Å². The molecule has 1 aliphatic heterocycles. The maximum absolute atomic E-state index is 14.1. The molecule has 5 nitrogen and oxygen atoms in total. The number of hydrogen-bond donors (Lipinski definition) is 0. The van der Waals surface area contributed by atoms with E-state index in [2.05, 4.69) is 0 Å². The summed E-state index contributed by atoms with van der Waals surface area (Å²) in [5, 5.41) is 0. The summed E-state index contributed by atoms with van der Waals surface area (Å²) in [6.45, 7) is 1.82. The zero-order chi connectivity index (χ0) is 25.5. The second kappa shape index (κ2) is 8.97. The number of halogens is 2. The molecule has 2 bridgehead atoms. The van der Waals surface area contributed by atoms with E-state index in [9.17, 15) is 18.4 Å². The van der Waals surface area contributed by atoms with E-state index >= 15 is 0 Å². The Kier molecular flexibility index (Phi) is 5.94. The van der Waals surface area contributed by atoms with Crippen LogP contribution >= 0.6 is 0 Å². The number of ether oxygens (including phenoxy) is 2. The first-order valence-corrected chi connectivity index (χ1v) is 11.8. The maximum Gasteiger partial charge on any atom is 0.335 e. The number of methoxy groups -OCH3 is 1. The van der Waals surface area contributed by atoms with Gasteiger partial charge in [0, 0.05) is 24.5 Å². The minimum absolute atomic E-state index is 0.00578. The predicted octanol–water partition coefficient (Wildman–Crippen LogP) is 5.14. The maximum atomic E-state index is 14.1. The average Bonchev–Trinajstić information content (AvgIpc) is 3.20. The minimum atomic E-state index is -1.51. The van der Waals surface area contributed by atoms with Gasteiger partial charge in [0.25, 0.3) is 0 Å². The topological polar surface area (TPSA) is 65.0 Å². The highest BCUT2D eigenvalue weighted by molar-refractivity contribution is 6.14. The van der Waals surface area contributed by atoms with Gasteiger partial charge in [-0.1, -0.05) is 36.4 Å². The van der Waals surface area contributed by atoms with Crippen molar-refractivity contribution in [2.45, 2.75) is 36.1 Å². The number of benzene rings is 3. The zero-order valence-electron chi connectivity index (χ0n) is 19.9. The molecule has 184 valence electrons. The first kappa shape index (κ1) is 23.9. The second-order valence-corrected chi connectivity index (χ2v) is 9.12. The monoisotopic (exact) mass is 489 g/mol. The number of Topliss-reactive ketones (excluding diaryl/α,β-unsaturated/α-hetero) is 1. The molecule has 36 heavy (non-hydrogen) atoms. The fourth-order valence-electron chi connectivity index (χ4n) is 5.81. The minimum Gasteiger partial charge on any atom is -0.497 e. The molecule has 1 aliphatic carbocycles. The number of rotatable bonds is 6. The van der Waals surface area contributed by atoms with Crippen LogP contribution in [-0.4, -0.2) is 37.2 Å². The van der Waals surface area contributed by atoms with E-state index in [0.29, 0.717) is 22.4 Å². The standard InChI is InChI=1S/C29H25F2NO4/c1-3-36-27(34)29-24(18-4-10-21(30)11-5-18)16-25(33)28(17-32-29,20-8-14-23(35-2)15-9-20)26(29)19-6-12-22(31)13-7-19/h4-15,17,24,26H,3,16H2,1-2H3/t24-,26+,28+,29+/m1/s1. The molecule has 2 aliphatic rings. The number of aliphatic imine (C=N–C) groups is 1. The Balaban J connectivity index is 1.79. The highest BCUT2D eigenvalue weighted by atomic mass is 19.1. The molecule has 0 saturated heterocycles. The molecule has 0 amide bonds. The first-order chi connectivity index (χ1) is 17.4. The SMILES string of the molecule is CCOC(=O)[C@]12N=C[C@](c3ccc(OC)cc3)(C(=O)C[C@@H]1c1ccc(F)cc1)[C@@H]2c1ccc(F)cc1. The Morgan fingerprint density at radius 2 is 1.53 bits per heavy atom. The molecule has 4 atom stereocenters. The lowest BCUT2D eigenvalue weighted by atomic mass is 9.51. The Morgan fingerprint density at radius 3 is 2.08 bits per heavy atom. The van der Waals surface area contributed by atoms with Crippen LogP contribution in [0.5, 0.6) is 5.75 Å². The van der Waals surface area contributed by atoms with Crippen molar-refractivity contribution in [3.63, 3.8) is 0 Å². The van der Waals surface area contributed by atoms with Gasteiger partial charge in [0.15, 0.2) is 5.54 Å². The summed E-state index contributed by atoms with van der Waals surface area (Å²) >= 11 is 0. The van der Waals surface area contributed by atoms with Crippen molar-refractivity contribution in [1.82, 2.24) is 0 Å². The molecule has 0 unspecified atom stereocenters. The van der Waals surface area contributed by atoms with Crippen LogP contribution in [0.4, 0.5) is 8.78 Å². The van der Waals surface area contributed by atoms with Crippen molar-refractivity contribution in [1.29, 1.82) is 0 Å². The van der Waals surface area contributed by atoms with Crippen LogP contribution in [0.2, 0.25) is 0 Å². The third-order valence-electron chi connectivity index (χ3n) is 7.41. The molecule has 0 radical (unpaired) electrons. The summed E-state index contributed by atoms with van der Waals surface area (Å²) in [5.41, 5.74) is -0.965. The zero-order valence-corrected chi connectivity index (χ0v) is 19.9. The Morgan fingerprint density at radius 1 is 0.944 bits per heavy atom. The Hall–Kier alpha value is -3.87. The van der Waals surface area contributed by atoms with Crippen LogP contribution in [0, 0.1) is 11.6 Å². The average molecular weight is 490 g/mol. The van der Waals surface area contributed by atoms with Crippen LogP contribution in [0.25, 0.3) is 0 Å². The summed E-state index contributed by atoms with van der Waals surface area (Å²) in [6, 6.07) is 18.6. The molecule has 1 heterocycles. The van der Waals surface area contributed by atoms with E-state index in [1.54, 1.807) is 68.8 Å². The van der Waals surface area contributed by atoms with Crippen molar-refractivity contribution in [2.24, 2.45) is 4.99 Å². The van der Waals surface area contributed by atoms with Crippen LogP contribution in [0.3, 0.4) is 0 Å². The second-order valence-electron chi connectivity index (χ2n) is 9.12. The summed E-state index contributed by atoms with van der Waals surface area (Å²) in [5.74, 6) is -2.48. The van der Waals surface area contributed by atoms with Crippen molar-refractivity contribution in [3.8, 4) is 5.75 Å². The van der Waals surface area contributed by atoms with Gasteiger partial charge in [0.1, 0.15) is 23.2 Å². The molecule has 3 aromatic carbocycles. The number of nitrogens with zero attached hydrogens (tertiary/aromatic N) is 1. The molecular formula is C29H25F2NO4. The van der Waals surface area contributed by atoms with Gasteiger partial charge < -0.3 is 9.47 Å². The van der Waals surface area contributed by atoms with Gasteiger partial charge in [0.05, 0.1) is 19.1 Å². The molecule has 1 fully saturated rings. The lowest BCUT2D eigenvalue weighted by Crippen LogP contribution is -2.59. The van der Waals surface area contributed by atoms with E-state index in [0.717, 1.165) is 0 Å². The van der Waals surface area contributed by atoms with Gasteiger partial charge >= 0.3 is 5.97 Å². The normalized spacial score (nSPS) is 26.6. The van der Waals surface area contributed by atoms with Crippen LogP contribution in [-0.2, 0) is 19.7 Å². The number of carbonyl (C=O) groups is 2. The van der Waals surface area contributed by atoms with Crippen LogP contribution in [0.1, 0.15) is 41.9 Å². The molecule has 7 heteroatoms. The van der Waals surface area contributed by atoms with Crippen molar-refractivity contribution < 1.29 is 27.8 Å².